The first-order valence-corrected chi connectivity index (χ1v) is 10.1. The molecule has 0 unspecified atom stereocenters. The average molecular weight is 419 g/mol. The molecule has 30 heavy (non-hydrogen) atoms. The molecule has 1 aliphatic carbocycles. The minimum atomic E-state index is -1.40. The maximum absolute atomic E-state index is 14.9. The first-order valence-electron chi connectivity index (χ1n) is 10.1. The molecule has 1 saturated carbocycles. The summed E-state index contributed by atoms with van der Waals surface area (Å²) in [5.74, 6) is -0.470. The van der Waals surface area contributed by atoms with Crippen molar-refractivity contribution >= 4 is 23.6 Å². The van der Waals surface area contributed by atoms with Gasteiger partial charge in [0, 0.05) is 20.0 Å². The van der Waals surface area contributed by atoms with Crippen LogP contribution in [0.4, 0.5) is 14.9 Å². The zero-order valence-electron chi connectivity index (χ0n) is 17.2. The molecule has 4 rings (SSSR count). The summed E-state index contributed by atoms with van der Waals surface area (Å²) in [5.41, 5.74) is -0.399. The van der Waals surface area contributed by atoms with E-state index in [0.29, 0.717) is 24.3 Å². The summed E-state index contributed by atoms with van der Waals surface area (Å²) >= 11 is 0. The van der Waals surface area contributed by atoms with Gasteiger partial charge in [0.05, 0.1) is 18.8 Å². The van der Waals surface area contributed by atoms with Crippen LogP contribution in [-0.2, 0) is 14.3 Å². The Morgan fingerprint density at radius 3 is 2.50 bits per heavy atom. The molecule has 2 N–H and O–H groups in total. The van der Waals surface area contributed by atoms with Crippen LogP contribution in [-0.4, -0.2) is 65.8 Å². The third-order valence-corrected chi connectivity index (χ3v) is 6.11. The van der Waals surface area contributed by atoms with Gasteiger partial charge in [0.15, 0.2) is 0 Å². The fourth-order valence-electron chi connectivity index (χ4n) is 4.59. The number of ether oxygens (including phenoxy) is 1. The highest BCUT2D eigenvalue weighted by Crippen LogP contribution is 2.59. The number of nitrogens with zero attached hydrogens (tertiary/aromatic N) is 2. The lowest BCUT2D eigenvalue weighted by molar-refractivity contribution is -0.147. The number of likely N-dealkylation sites (tertiary alicyclic amines) is 1. The third kappa shape index (κ3) is 3.74. The molecular weight excluding hydrogens is 393 g/mol. The van der Waals surface area contributed by atoms with Crippen LogP contribution in [0.5, 0.6) is 0 Å². The zero-order valence-corrected chi connectivity index (χ0v) is 17.2. The summed E-state index contributed by atoms with van der Waals surface area (Å²) < 4.78 is 20.1. The number of carbonyl (C=O) groups is 3. The zero-order chi connectivity index (χ0) is 21.8. The van der Waals surface area contributed by atoms with Crippen LogP contribution in [0, 0.1) is 17.7 Å². The number of carbonyl (C=O) groups excluding carboxylic acids is 3. The summed E-state index contributed by atoms with van der Waals surface area (Å²) in [6.07, 6.45) is -1.05. The normalized spacial score (nSPS) is 27.7. The molecule has 2 heterocycles. The first-order chi connectivity index (χ1) is 14.1. The van der Waals surface area contributed by atoms with E-state index in [2.05, 4.69) is 5.32 Å². The van der Waals surface area contributed by atoms with E-state index in [1.165, 1.54) is 31.7 Å². The van der Waals surface area contributed by atoms with Crippen molar-refractivity contribution < 1.29 is 28.6 Å². The second-order valence-corrected chi connectivity index (χ2v) is 8.88. The SMILES string of the molecule is CC(=O)NC[C@H]1CN(c2ccc([C@H]3[C@@H]4CN(C(=O)C(C)(C)O)C[C@@H]43)c(F)c2)C(=O)O1. The molecule has 3 fully saturated rings. The number of rotatable bonds is 5. The number of nitrogens with one attached hydrogen (secondary N) is 1. The summed E-state index contributed by atoms with van der Waals surface area (Å²) in [6, 6.07) is 4.74. The van der Waals surface area contributed by atoms with Crippen molar-refractivity contribution in [2.45, 2.75) is 38.4 Å². The van der Waals surface area contributed by atoms with E-state index >= 15 is 0 Å². The van der Waals surface area contributed by atoms with Crippen LogP contribution in [0.15, 0.2) is 18.2 Å². The van der Waals surface area contributed by atoms with E-state index in [9.17, 15) is 23.9 Å². The lowest BCUT2D eigenvalue weighted by Crippen LogP contribution is -2.45. The van der Waals surface area contributed by atoms with E-state index < -0.39 is 17.8 Å². The highest BCUT2D eigenvalue weighted by atomic mass is 19.1. The highest BCUT2D eigenvalue weighted by Gasteiger charge is 2.58. The molecule has 0 bridgehead atoms. The van der Waals surface area contributed by atoms with Gasteiger partial charge < -0.3 is 20.1 Å². The van der Waals surface area contributed by atoms with Gasteiger partial charge in [-0.3, -0.25) is 14.5 Å². The Hall–Kier alpha value is -2.68. The molecule has 0 spiro atoms. The molecule has 0 aromatic heterocycles. The summed E-state index contributed by atoms with van der Waals surface area (Å²) in [4.78, 5) is 38.4. The Morgan fingerprint density at radius 2 is 1.93 bits per heavy atom. The average Bonchev–Trinajstić information content (AvgIpc) is 3.00. The van der Waals surface area contributed by atoms with Crippen molar-refractivity contribution in [2.75, 3.05) is 31.1 Å². The van der Waals surface area contributed by atoms with Gasteiger partial charge in [0.25, 0.3) is 5.91 Å². The molecule has 0 radical (unpaired) electrons. The lowest BCUT2D eigenvalue weighted by Gasteiger charge is -2.26. The van der Waals surface area contributed by atoms with Crippen molar-refractivity contribution in [3.63, 3.8) is 0 Å². The van der Waals surface area contributed by atoms with Crippen LogP contribution < -0.4 is 10.2 Å². The van der Waals surface area contributed by atoms with Crippen molar-refractivity contribution in [3.8, 4) is 0 Å². The Bertz CT molecular complexity index is 887. The number of fused-ring (bicyclic) bond motifs is 1. The van der Waals surface area contributed by atoms with Crippen LogP contribution in [0.25, 0.3) is 0 Å². The molecule has 4 atom stereocenters. The van der Waals surface area contributed by atoms with E-state index in [4.69, 9.17) is 4.74 Å². The van der Waals surface area contributed by atoms with Gasteiger partial charge >= 0.3 is 6.09 Å². The van der Waals surface area contributed by atoms with Gasteiger partial charge in [-0.05, 0) is 49.3 Å². The molecule has 3 aliphatic rings. The van der Waals surface area contributed by atoms with E-state index in [1.54, 1.807) is 17.0 Å². The maximum Gasteiger partial charge on any atom is 0.414 e. The van der Waals surface area contributed by atoms with E-state index in [1.807, 2.05) is 0 Å². The maximum atomic E-state index is 14.9. The number of anilines is 1. The van der Waals surface area contributed by atoms with Crippen molar-refractivity contribution in [2.24, 2.45) is 11.8 Å². The first kappa shape index (κ1) is 20.6. The van der Waals surface area contributed by atoms with Crippen LogP contribution >= 0.6 is 0 Å². The standard InChI is InChI=1S/C21H26FN3O5/c1-11(26)23-7-13-8-25(20(28)30-13)12-4-5-14(17(22)6-12)18-15-9-24(10-16(15)18)19(27)21(2,3)29/h4-6,13,15-16,18,29H,7-10H2,1-3H3,(H,23,26)/t13-,15-,16+,18+/m0/s1. The number of piperidine rings is 1. The van der Waals surface area contributed by atoms with Gasteiger partial charge in [0.1, 0.15) is 17.5 Å². The molecule has 162 valence electrons. The summed E-state index contributed by atoms with van der Waals surface area (Å²) in [7, 11) is 0. The Kier molecular flexibility index (Phi) is 4.96. The van der Waals surface area contributed by atoms with Gasteiger partial charge in [0.2, 0.25) is 5.91 Å². The van der Waals surface area contributed by atoms with Crippen molar-refractivity contribution in [3.05, 3.63) is 29.6 Å². The Balaban J connectivity index is 1.39. The van der Waals surface area contributed by atoms with Crippen molar-refractivity contribution in [1.29, 1.82) is 0 Å². The number of aliphatic hydroxyl groups is 1. The number of hydrogen-bond donors (Lipinski definition) is 2. The monoisotopic (exact) mass is 419 g/mol. The smallest absolute Gasteiger partial charge is 0.414 e. The summed E-state index contributed by atoms with van der Waals surface area (Å²) in [6.45, 7) is 5.81. The van der Waals surface area contributed by atoms with E-state index in [0.717, 1.165) is 0 Å². The molecule has 2 saturated heterocycles. The van der Waals surface area contributed by atoms with E-state index in [-0.39, 0.29) is 48.5 Å². The van der Waals surface area contributed by atoms with Crippen LogP contribution in [0.2, 0.25) is 0 Å². The molecular formula is C21H26FN3O5. The third-order valence-electron chi connectivity index (χ3n) is 6.11. The fraction of sp³-hybridized carbons (Fsp3) is 0.571. The molecule has 8 nitrogen and oxygen atoms in total. The number of halogens is 1. The van der Waals surface area contributed by atoms with Crippen molar-refractivity contribution in [1.82, 2.24) is 10.2 Å². The lowest BCUT2D eigenvalue weighted by atomic mass is 10.0. The number of cyclic esters (lactones) is 1. The molecule has 3 amide bonds. The molecule has 1 aromatic rings. The number of benzene rings is 1. The predicted molar refractivity (Wildman–Crippen MR) is 105 cm³/mol. The minimum Gasteiger partial charge on any atom is -0.442 e. The van der Waals surface area contributed by atoms with Gasteiger partial charge in [-0.15, -0.1) is 0 Å². The largest absolute Gasteiger partial charge is 0.442 e. The second-order valence-electron chi connectivity index (χ2n) is 8.88. The van der Waals surface area contributed by atoms with Crippen LogP contribution in [0.1, 0.15) is 32.3 Å². The van der Waals surface area contributed by atoms with Crippen LogP contribution in [0.3, 0.4) is 0 Å². The minimum absolute atomic E-state index is 0.0444. The van der Waals surface area contributed by atoms with Gasteiger partial charge in [-0.2, -0.15) is 0 Å². The molecule has 1 aromatic carbocycles. The number of amides is 3. The Morgan fingerprint density at radius 1 is 1.27 bits per heavy atom. The van der Waals surface area contributed by atoms with Gasteiger partial charge in [-0.1, -0.05) is 6.07 Å². The highest BCUT2D eigenvalue weighted by molar-refractivity contribution is 5.90. The second kappa shape index (κ2) is 7.23. The summed E-state index contributed by atoms with van der Waals surface area (Å²) in [5, 5.41) is 12.5. The molecule has 9 heteroatoms. The van der Waals surface area contributed by atoms with Gasteiger partial charge in [-0.25, -0.2) is 9.18 Å². The topological polar surface area (TPSA) is 99.2 Å². The fourth-order valence-corrected chi connectivity index (χ4v) is 4.59. The molecule has 2 aliphatic heterocycles. The quantitative estimate of drug-likeness (QED) is 0.748. The number of hydrogen-bond acceptors (Lipinski definition) is 5. The Labute approximate surface area is 174 Å². The predicted octanol–water partition coefficient (Wildman–Crippen LogP) is 1.23.